The number of ketones is 1. The van der Waals surface area contributed by atoms with Gasteiger partial charge in [-0.2, -0.15) is 0 Å². The zero-order valence-corrected chi connectivity index (χ0v) is 18.0. The minimum atomic E-state index is -0.0883. The van der Waals surface area contributed by atoms with Gasteiger partial charge in [0.25, 0.3) is 0 Å². The molecule has 1 aromatic carbocycles. The van der Waals surface area contributed by atoms with E-state index in [9.17, 15) is 4.79 Å². The van der Waals surface area contributed by atoms with Crippen LogP contribution in [0.1, 0.15) is 69.1 Å². The fraction of sp³-hybridized carbons (Fsp3) is 0.609. The third kappa shape index (κ3) is 5.14. The standard InChI is InChI=1S/C23H33ClN2O/c1-23(2)14-17-12-20(24)18(15-26(3)4)11-19(17)21(25-23)13-22(27)16-9-7-5-6-8-10-16/h11-13,16,25H,5-10,14-15H2,1-4H3. The van der Waals surface area contributed by atoms with Crippen molar-refractivity contribution in [1.82, 2.24) is 10.2 Å². The highest BCUT2D eigenvalue weighted by Gasteiger charge is 2.30. The Bertz CT molecular complexity index is 728. The lowest BCUT2D eigenvalue weighted by Gasteiger charge is -2.36. The smallest absolute Gasteiger partial charge is 0.160 e. The molecule has 4 heteroatoms. The van der Waals surface area contributed by atoms with Crippen LogP contribution >= 0.6 is 11.6 Å². The van der Waals surface area contributed by atoms with E-state index in [0.29, 0.717) is 0 Å². The van der Waals surface area contributed by atoms with Crippen LogP contribution < -0.4 is 5.32 Å². The number of hydrogen-bond donors (Lipinski definition) is 1. The molecular weight excluding hydrogens is 356 g/mol. The first-order valence-electron chi connectivity index (χ1n) is 10.3. The minimum absolute atomic E-state index is 0.0883. The van der Waals surface area contributed by atoms with Gasteiger partial charge in [-0.15, -0.1) is 0 Å². The number of rotatable bonds is 4. The first-order valence-corrected chi connectivity index (χ1v) is 10.6. The second-order valence-corrected chi connectivity index (χ2v) is 9.58. The summed E-state index contributed by atoms with van der Waals surface area (Å²) in [6.45, 7) is 5.16. The molecule has 1 aliphatic heterocycles. The third-order valence-electron chi connectivity index (χ3n) is 5.70. The number of hydrogen-bond acceptors (Lipinski definition) is 3. The van der Waals surface area contributed by atoms with Crippen molar-refractivity contribution in [3.8, 4) is 0 Å². The Kier molecular flexibility index (Phi) is 6.32. The normalized spacial score (nSPS) is 21.6. The van der Waals surface area contributed by atoms with Gasteiger partial charge >= 0.3 is 0 Å². The van der Waals surface area contributed by atoms with Crippen molar-refractivity contribution in [3.05, 3.63) is 39.9 Å². The molecule has 1 aromatic rings. The molecule has 3 rings (SSSR count). The summed E-state index contributed by atoms with van der Waals surface area (Å²) in [5, 5.41) is 4.43. The van der Waals surface area contributed by atoms with Crippen LogP contribution in [0.3, 0.4) is 0 Å². The van der Waals surface area contributed by atoms with Crippen LogP contribution in [0.5, 0.6) is 0 Å². The number of halogens is 1. The third-order valence-corrected chi connectivity index (χ3v) is 6.05. The Morgan fingerprint density at radius 2 is 1.89 bits per heavy atom. The zero-order valence-electron chi connectivity index (χ0n) is 17.2. The van der Waals surface area contributed by atoms with Gasteiger partial charge in [0.15, 0.2) is 5.78 Å². The van der Waals surface area contributed by atoms with Crippen molar-refractivity contribution in [2.75, 3.05) is 14.1 Å². The molecule has 0 aromatic heterocycles. The summed E-state index contributed by atoms with van der Waals surface area (Å²) >= 11 is 6.56. The number of carbonyl (C=O) groups is 1. The molecular formula is C23H33ClN2O. The van der Waals surface area contributed by atoms with Crippen LogP contribution in [0.15, 0.2) is 18.2 Å². The maximum absolute atomic E-state index is 13.0. The van der Waals surface area contributed by atoms with Crippen LogP contribution in [-0.2, 0) is 17.8 Å². The molecule has 27 heavy (non-hydrogen) atoms. The molecule has 2 aliphatic rings. The van der Waals surface area contributed by atoms with E-state index < -0.39 is 0 Å². The van der Waals surface area contributed by atoms with Crippen LogP contribution in [-0.4, -0.2) is 30.3 Å². The summed E-state index contributed by atoms with van der Waals surface area (Å²) in [5.74, 6) is 0.469. The number of fused-ring (bicyclic) bond motifs is 1. The summed E-state index contributed by atoms with van der Waals surface area (Å²) in [5.41, 5.74) is 4.35. The van der Waals surface area contributed by atoms with Crippen LogP contribution in [0.25, 0.3) is 5.70 Å². The topological polar surface area (TPSA) is 32.3 Å². The Hall–Kier alpha value is -1.32. The van der Waals surface area contributed by atoms with E-state index in [1.165, 1.54) is 31.2 Å². The van der Waals surface area contributed by atoms with Gasteiger partial charge in [0.2, 0.25) is 0 Å². The summed E-state index contributed by atoms with van der Waals surface area (Å²) in [6, 6.07) is 4.27. The molecule has 0 radical (unpaired) electrons. The largest absolute Gasteiger partial charge is 0.379 e. The Balaban J connectivity index is 1.96. The highest BCUT2D eigenvalue weighted by Crippen LogP contribution is 2.34. The first-order chi connectivity index (χ1) is 12.7. The summed E-state index contributed by atoms with van der Waals surface area (Å²) < 4.78 is 0. The predicted octanol–water partition coefficient (Wildman–Crippen LogP) is 5.21. The average Bonchev–Trinajstić information content (AvgIpc) is 2.84. The molecule has 1 N–H and O–H groups in total. The van der Waals surface area contributed by atoms with E-state index in [1.54, 1.807) is 0 Å². The molecule has 0 bridgehead atoms. The molecule has 0 saturated heterocycles. The van der Waals surface area contributed by atoms with E-state index in [-0.39, 0.29) is 17.2 Å². The number of carbonyl (C=O) groups excluding carboxylic acids is 1. The van der Waals surface area contributed by atoms with Gasteiger partial charge in [-0.1, -0.05) is 37.3 Å². The molecule has 1 heterocycles. The fourth-order valence-electron chi connectivity index (χ4n) is 4.41. The van der Waals surface area contributed by atoms with Gasteiger partial charge < -0.3 is 10.2 Å². The quantitative estimate of drug-likeness (QED) is 0.567. The number of nitrogens with zero attached hydrogens (tertiary/aromatic N) is 1. The highest BCUT2D eigenvalue weighted by atomic mass is 35.5. The number of nitrogens with one attached hydrogen (secondary N) is 1. The Morgan fingerprint density at radius 3 is 2.52 bits per heavy atom. The Labute approximate surface area is 169 Å². The van der Waals surface area contributed by atoms with Crippen molar-refractivity contribution in [2.24, 2.45) is 5.92 Å². The lowest BCUT2D eigenvalue weighted by Crippen LogP contribution is -2.44. The van der Waals surface area contributed by atoms with Crippen molar-refractivity contribution < 1.29 is 4.79 Å². The lowest BCUT2D eigenvalue weighted by molar-refractivity contribution is -0.118. The molecule has 0 spiro atoms. The highest BCUT2D eigenvalue weighted by molar-refractivity contribution is 6.31. The van der Waals surface area contributed by atoms with E-state index in [0.717, 1.165) is 47.7 Å². The summed E-state index contributed by atoms with van der Waals surface area (Å²) in [7, 11) is 4.09. The van der Waals surface area contributed by atoms with E-state index in [2.05, 4.69) is 36.2 Å². The van der Waals surface area contributed by atoms with Crippen molar-refractivity contribution in [2.45, 2.75) is 70.9 Å². The number of allylic oxidation sites excluding steroid dienone is 1. The predicted molar refractivity (Wildman–Crippen MR) is 114 cm³/mol. The SMILES string of the molecule is CN(C)Cc1cc2c(cc1Cl)CC(C)(C)NC2=CC(=O)C1CCCCCC1. The van der Waals surface area contributed by atoms with Crippen molar-refractivity contribution in [1.29, 1.82) is 0 Å². The van der Waals surface area contributed by atoms with E-state index >= 15 is 0 Å². The average molecular weight is 389 g/mol. The van der Waals surface area contributed by atoms with Gasteiger partial charge in [0.1, 0.15) is 0 Å². The molecule has 1 saturated carbocycles. The van der Waals surface area contributed by atoms with Crippen LogP contribution in [0.2, 0.25) is 5.02 Å². The van der Waals surface area contributed by atoms with Crippen LogP contribution in [0.4, 0.5) is 0 Å². The van der Waals surface area contributed by atoms with Gasteiger partial charge in [-0.25, -0.2) is 0 Å². The summed E-state index contributed by atoms with van der Waals surface area (Å²) in [6.07, 6.45) is 9.73. The second kappa shape index (κ2) is 8.36. The Morgan fingerprint density at radius 1 is 1.22 bits per heavy atom. The van der Waals surface area contributed by atoms with E-state index in [1.807, 2.05) is 20.2 Å². The molecule has 0 unspecified atom stereocenters. The van der Waals surface area contributed by atoms with Gasteiger partial charge in [-0.05, 0) is 70.5 Å². The van der Waals surface area contributed by atoms with Gasteiger partial charge in [-0.3, -0.25) is 4.79 Å². The fourth-order valence-corrected chi connectivity index (χ4v) is 4.65. The first kappa shape index (κ1) is 20.4. The second-order valence-electron chi connectivity index (χ2n) is 9.17. The van der Waals surface area contributed by atoms with E-state index in [4.69, 9.17) is 11.6 Å². The van der Waals surface area contributed by atoms with Crippen molar-refractivity contribution >= 4 is 23.1 Å². The van der Waals surface area contributed by atoms with Gasteiger partial charge in [0.05, 0.1) is 0 Å². The van der Waals surface area contributed by atoms with Crippen LogP contribution in [0, 0.1) is 5.92 Å². The zero-order chi connectivity index (χ0) is 19.6. The van der Waals surface area contributed by atoms with Gasteiger partial charge in [0, 0.05) is 40.4 Å². The number of benzene rings is 1. The summed E-state index contributed by atoms with van der Waals surface area (Å²) in [4.78, 5) is 15.1. The lowest BCUT2D eigenvalue weighted by atomic mass is 9.84. The molecule has 0 amide bonds. The minimum Gasteiger partial charge on any atom is -0.379 e. The maximum Gasteiger partial charge on any atom is 0.160 e. The molecule has 3 nitrogen and oxygen atoms in total. The monoisotopic (exact) mass is 388 g/mol. The molecule has 1 fully saturated rings. The van der Waals surface area contributed by atoms with Crippen molar-refractivity contribution in [3.63, 3.8) is 0 Å². The molecule has 0 atom stereocenters. The molecule has 148 valence electrons. The molecule has 1 aliphatic carbocycles. The maximum atomic E-state index is 13.0.